The average Bonchev–Trinajstić information content (AvgIpc) is 1.52. The Morgan fingerprint density at radius 1 is 0.257 bits per heavy atom. The molecular weight excluding hydrogens is 1300 g/mol. The van der Waals surface area contributed by atoms with Crippen molar-refractivity contribution in [2.24, 2.45) is 21.1 Å². The Labute approximate surface area is 612 Å². The van der Waals surface area contributed by atoms with Gasteiger partial charge in [-0.3, -0.25) is 0 Å². The fourth-order valence-electron chi connectivity index (χ4n) is 14.8. The highest BCUT2D eigenvalue weighted by Gasteiger charge is 2.21. The second-order valence-corrected chi connectivity index (χ2v) is 27.8. The van der Waals surface area contributed by atoms with Gasteiger partial charge in [0.05, 0.1) is 35.5 Å². The first-order valence-corrected chi connectivity index (χ1v) is 36.4. The molecule has 3 N–H and O–H groups in total. The van der Waals surface area contributed by atoms with E-state index in [1.165, 1.54) is 98.0 Å². The Morgan fingerprint density at radius 2 is 0.486 bits per heavy atom. The molecule has 0 aliphatic heterocycles. The highest BCUT2D eigenvalue weighted by Crippen LogP contribution is 2.32. The number of benzene rings is 13. The van der Waals surface area contributed by atoms with Crippen LogP contribution < -0.4 is 30.0 Å². The van der Waals surface area contributed by atoms with Crippen molar-refractivity contribution in [2.75, 3.05) is 0 Å². The molecule has 16 rings (SSSR count). The molecule has 105 heavy (non-hydrogen) atoms. The molecule has 0 aliphatic rings. The summed E-state index contributed by atoms with van der Waals surface area (Å²) < 4.78 is 30.8. The lowest BCUT2D eigenvalue weighted by Gasteiger charge is -2.13. The van der Waals surface area contributed by atoms with Crippen molar-refractivity contribution in [3.05, 3.63) is 357 Å². The van der Waals surface area contributed by atoms with Crippen LogP contribution in [0.2, 0.25) is 0 Å². The highest BCUT2D eigenvalue weighted by atomic mass is 16.5. The van der Waals surface area contributed by atoms with Crippen LogP contribution in [-0.2, 0) is 134 Å². The molecule has 0 radical (unpaired) electrons. The third-order valence-corrected chi connectivity index (χ3v) is 20.2. The van der Waals surface area contributed by atoms with Crippen molar-refractivity contribution in [3.63, 3.8) is 0 Å². The van der Waals surface area contributed by atoms with Crippen LogP contribution in [0.3, 0.4) is 0 Å². The van der Waals surface area contributed by atoms with E-state index in [1.807, 2.05) is 49.2 Å². The molecular formula is C90H87N12O3+3. The zero-order valence-corrected chi connectivity index (χ0v) is 59.8. The number of fused-ring (bicyclic) bond motifs is 6. The topological polar surface area (TPSA) is 129 Å². The molecule has 0 atom stereocenters. The summed E-state index contributed by atoms with van der Waals surface area (Å²) in [5.74, 6) is 0. The molecule has 0 amide bonds. The van der Waals surface area contributed by atoms with Gasteiger partial charge in [-0.1, -0.05) is 218 Å². The fourth-order valence-corrected chi connectivity index (χ4v) is 14.8. The van der Waals surface area contributed by atoms with Crippen LogP contribution in [0.25, 0.3) is 64.6 Å². The van der Waals surface area contributed by atoms with Crippen LogP contribution in [-0.4, -0.2) is 29.7 Å². The average molecular weight is 1380 g/mol. The van der Waals surface area contributed by atoms with Gasteiger partial charge in [0.1, 0.15) is 60.6 Å². The molecule has 0 unspecified atom stereocenters. The quantitative estimate of drug-likeness (QED) is 0.0298. The molecule has 16 aromatic rings. The number of nitrogens with zero attached hydrogens (tertiary/aromatic N) is 9. The Kier molecular flexibility index (Phi) is 20.5. The molecule has 0 spiro atoms. The van der Waals surface area contributed by atoms with Gasteiger partial charge in [-0.25, -0.2) is 0 Å². The summed E-state index contributed by atoms with van der Waals surface area (Å²) in [4.78, 5) is 0. The number of aromatic nitrogens is 9. The van der Waals surface area contributed by atoms with E-state index in [2.05, 4.69) is 289 Å². The SMILES string of the molecule is C[n+]1nn(Cc2cc(Cn3cc(COCc4ccc(CNCc5c6ccccc6cc6ccccc56)cc4)[n+](C)n3)cc(Cn3cc(COCc4ccc(CNCc5c6ccccc6cc6ccccc56)cc4)[n+](C)n3)c2)cc1COCc1ccc(CNCc2c3ccccc3cc3ccccc23)cc1. The van der Waals surface area contributed by atoms with Crippen molar-refractivity contribution in [3.8, 4) is 0 Å². The lowest BCUT2D eigenvalue weighted by Crippen LogP contribution is -2.35. The molecule has 15 nitrogen and oxygen atoms in total. The summed E-state index contributed by atoms with van der Waals surface area (Å²) in [7, 11) is 5.94. The molecule has 3 aromatic heterocycles. The van der Waals surface area contributed by atoms with Crippen LogP contribution in [0.1, 0.15) is 83.8 Å². The van der Waals surface area contributed by atoms with E-state index in [1.54, 1.807) is 0 Å². The zero-order chi connectivity index (χ0) is 70.8. The first-order valence-electron chi connectivity index (χ1n) is 36.4. The second kappa shape index (κ2) is 31.7. The third kappa shape index (κ3) is 16.2. The second-order valence-electron chi connectivity index (χ2n) is 27.8. The van der Waals surface area contributed by atoms with Gasteiger partial charge in [-0.15, -0.1) is 28.1 Å². The van der Waals surface area contributed by atoms with E-state index in [-0.39, 0.29) is 0 Å². The molecule has 0 saturated carbocycles. The molecule has 3 heterocycles. The standard InChI is InChI=1S/C90H87N12O3/c1-97-79(61-103-58-67-34-28-64(29-35-67)46-91-49-88-82-22-10-4-16-73(82)43-74-17-5-11-23-83(74)88)55-100(94-97)52-70-40-71(53-101-56-80(98(2)95-101)62-104-59-68-36-30-65(31-37-68)47-92-50-89-84-24-12-6-18-75(84)44-76-19-7-13-25-85(76)89)42-72(41-70)54-102-57-81(99(3)96-102)63-105-60-69-38-32-66(33-39-69)48-93-51-90-86-26-14-8-20-77(86)45-78-21-9-15-27-87(78)90/h4-45,55-57,91-93H,46-54,58-63H2,1-3H3/q+3. The highest BCUT2D eigenvalue weighted by molar-refractivity contribution is 6.04. The first kappa shape index (κ1) is 68.1. The molecule has 0 aliphatic carbocycles. The normalized spacial score (nSPS) is 11.8. The lowest BCUT2D eigenvalue weighted by molar-refractivity contribution is -0.740. The van der Waals surface area contributed by atoms with Crippen LogP contribution in [0.15, 0.2) is 273 Å². The number of hydrogen-bond donors (Lipinski definition) is 3. The Balaban J connectivity index is 0.548. The Hall–Kier alpha value is -11.4. The lowest BCUT2D eigenvalue weighted by atomic mass is 9.96. The van der Waals surface area contributed by atoms with E-state index >= 15 is 0 Å². The number of hydrogen-bond acceptors (Lipinski definition) is 9. The summed E-state index contributed by atoms with van der Waals surface area (Å²) in [5.41, 5.74) is 17.3. The van der Waals surface area contributed by atoms with E-state index in [0.717, 1.165) is 89.7 Å². The molecule has 0 saturated heterocycles. The van der Waals surface area contributed by atoms with Crippen molar-refractivity contribution in [2.45, 2.75) is 98.5 Å². The van der Waals surface area contributed by atoms with Gasteiger partial charge in [0.25, 0.3) is 0 Å². The van der Waals surface area contributed by atoms with Gasteiger partial charge in [0.2, 0.25) is 0 Å². The van der Waals surface area contributed by atoms with Crippen molar-refractivity contribution < 1.29 is 28.3 Å². The smallest absolute Gasteiger partial charge is 0.192 e. The summed E-state index contributed by atoms with van der Waals surface area (Å²) >= 11 is 0. The minimum absolute atomic E-state index is 0.417. The van der Waals surface area contributed by atoms with Gasteiger partial charge < -0.3 is 30.2 Å². The Morgan fingerprint density at radius 3 is 0.733 bits per heavy atom. The number of nitrogens with one attached hydrogen (secondary N) is 3. The van der Waals surface area contributed by atoms with Gasteiger partial charge >= 0.3 is 0 Å². The number of aryl methyl sites for hydroxylation is 3. The molecule has 15 heteroatoms. The maximum absolute atomic E-state index is 6.36. The van der Waals surface area contributed by atoms with Gasteiger partial charge in [-0.2, -0.15) is 0 Å². The fraction of sp³-hybridized carbons (Fsp3) is 0.200. The van der Waals surface area contributed by atoms with E-state index in [9.17, 15) is 0 Å². The predicted octanol–water partition coefficient (Wildman–Crippen LogP) is 14.8. The van der Waals surface area contributed by atoms with Crippen LogP contribution in [0, 0.1) is 0 Å². The summed E-state index contributed by atoms with van der Waals surface area (Å²) in [6.45, 7) is 9.02. The van der Waals surface area contributed by atoms with Gasteiger partial charge in [0, 0.05) is 39.3 Å². The predicted molar refractivity (Wildman–Crippen MR) is 415 cm³/mol. The van der Waals surface area contributed by atoms with Crippen LogP contribution in [0.4, 0.5) is 0 Å². The summed E-state index contributed by atoms with van der Waals surface area (Å²) in [6.07, 6.45) is 6.26. The van der Waals surface area contributed by atoms with E-state index < -0.39 is 0 Å². The zero-order valence-electron chi connectivity index (χ0n) is 59.8. The van der Waals surface area contributed by atoms with Gasteiger partial charge in [0.15, 0.2) is 35.7 Å². The molecule has 0 fully saturated rings. The third-order valence-electron chi connectivity index (χ3n) is 20.2. The molecule has 0 bridgehead atoms. The maximum Gasteiger partial charge on any atom is 0.192 e. The van der Waals surface area contributed by atoms with E-state index in [4.69, 9.17) is 29.9 Å². The van der Waals surface area contributed by atoms with Gasteiger partial charge in [-0.05, 0) is 168 Å². The van der Waals surface area contributed by atoms with Crippen molar-refractivity contribution in [1.82, 2.24) is 45.6 Å². The number of ether oxygens (including phenoxy) is 3. The Bertz CT molecular complexity index is 4990. The first-order chi connectivity index (χ1) is 51.7. The maximum atomic E-state index is 6.36. The van der Waals surface area contributed by atoms with Crippen LogP contribution >= 0.6 is 0 Å². The van der Waals surface area contributed by atoms with Crippen LogP contribution in [0.5, 0.6) is 0 Å². The van der Waals surface area contributed by atoms with Crippen molar-refractivity contribution in [1.29, 1.82) is 0 Å². The molecule has 13 aromatic carbocycles. The largest absolute Gasteiger partial charge is 0.368 e. The van der Waals surface area contributed by atoms with E-state index in [0.29, 0.717) is 59.3 Å². The minimum atomic E-state index is 0.417. The minimum Gasteiger partial charge on any atom is -0.368 e. The summed E-state index contributed by atoms with van der Waals surface area (Å²) in [6, 6.07) is 91.8. The number of rotatable bonds is 30. The molecule has 522 valence electrons. The van der Waals surface area contributed by atoms with Crippen molar-refractivity contribution >= 4 is 64.6 Å². The monoisotopic (exact) mass is 1380 g/mol. The summed E-state index contributed by atoms with van der Waals surface area (Å²) in [5, 5.41) is 41.4.